The summed E-state index contributed by atoms with van der Waals surface area (Å²) in [7, 11) is 0. The molecule has 0 N–H and O–H groups in total. The molecule has 0 aliphatic rings. The molecule has 2 aromatic heterocycles. The van der Waals surface area contributed by atoms with Gasteiger partial charge < -0.3 is 4.74 Å². The van der Waals surface area contributed by atoms with Crippen molar-refractivity contribution in [1.82, 2.24) is 9.97 Å². The monoisotopic (exact) mass is 266 g/mol. The normalized spacial score (nSPS) is 11.6. The van der Waals surface area contributed by atoms with Gasteiger partial charge >= 0.3 is 0 Å². The van der Waals surface area contributed by atoms with Crippen LogP contribution in [0.3, 0.4) is 0 Å². The molecule has 0 aliphatic heterocycles. The van der Waals surface area contributed by atoms with E-state index in [-0.39, 0.29) is 6.61 Å². The van der Waals surface area contributed by atoms with E-state index in [4.69, 9.17) is 22.8 Å². The number of hydrogen-bond donors (Lipinski definition) is 0. The fourth-order valence-electron chi connectivity index (χ4n) is 1.21. The molecule has 0 unspecified atom stereocenters. The summed E-state index contributed by atoms with van der Waals surface area (Å²) in [5.74, 6) is 3.10. The van der Waals surface area contributed by atoms with Crippen LogP contribution in [0.5, 0.6) is 0 Å². The van der Waals surface area contributed by atoms with Gasteiger partial charge in [0, 0.05) is 5.39 Å². The molecule has 2 rings (SSSR count). The van der Waals surface area contributed by atoms with Crippen LogP contribution >= 0.6 is 22.9 Å². The van der Waals surface area contributed by atoms with Crippen molar-refractivity contribution in [2.24, 2.45) is 0 Å². The second-order valence-corrected chi connectivity index (χ2v) is 5.27. The molecule has 0 aromatic carbocycles. The van der Waals surface area contributed by atoms with Crippen LogP contribution in [0.2, 0.25) is 5.15 Å². The third-order valence-corrected chi connectivity index (χ3v) is 3.33. The number of halogens is 1. The largest absolute Gasteiger partial charge is 0.355 e. The molecule has 5 heteroatoms. The molecule has 0 saturated heterocycles. The third kappa shape index (κ3) is 2.75. The van der Waals surface area contributed by atoms with Crippen molar-refractivity contribution in [1.29, 1.82) is 0 Å². The van der Waals surface area contributed by atoms with Gasteiger partial charge in [-0.1, -0.05) is 17.5 Å². The Morgan fingerprint density at radius 2 is 2.29 bits per heavy atom. The maximum Gasteiger partial charge on any atom is 0.157 e. The average molecular weight is 267 g/mol. The zero-order valence-corrected chi connectivity index (χ0v) is 11.1. The molecule has 3 nitrogen and oxygen atoms in total. The van der Waals surface area contributed by atoms with E-state index in [0.29, 0.717) is 11.0 Å². The summed E-state index contributed by atoms with van der Waals surface area (Å²) < 4.78 is 5.53. The van der Waals surface area contributed by atoms with E-state index >= 15 is 0 Å². The number of terminal acetylenes is 1. The standard InChI is InChI=1S/C12H11ClN2OS/c1-4-12(2,3)16-7-9-14-10(13)8-5-6-17-11(8)15-9/h1,5-6H,7H2,2-3H3. The summed E-state index contributed by atoms with van der Waals surface area (Å²) in [4.78, 5) is 9.40. The van der Waals surface area contributed by atoms with Crippen LogP contribution in [0.4, 0.5) is 0 Å². The van der Waals surface area contributed by atoms with Crippen molar-refractivity contribution in [3.63, 3.8) is 0 Å². The van der Waals surface area contributed by atoms with Crippen molar-refractivity contribution in [3.8, 4) is 12.3 Å². The molecular weight excluding hydrogens is 256 g/mol. The first-order valence-electron chi connectivity index (χ1n) is 5.03. The highest BCUT2D eigenvalue weighted by atomic mass is 35.5. The molecule has 0 bridgehead atoms. The molecule has 0 spiro atoms. The second-order valence-electron chi connectivity index (χ2n) is 4.01. The minimum atomic E-state index is -0.625. The van der Waals surface area contributed by atoms with Gasteiger partial charge in [0.25, 0.3) is 0 Å². The minimum absolute atomic E-state index is 0.255. The Bertz CT molecular complexity index is 586. The van der Waals surface area contributed by atoms with Gasteiger partial charge in [-0.25, -0.2) is 9.97 Å². The summed E-state index contributed by atoms with van der Waals surface area (Å²) in [5.41, 5.74) is -0.625. The van der Waals surface area contributed by atoms with E-state index < -0.39 is 5.60 Å². The smallest absolute Gasteiger partial charge is 0.157 e. The number of rotatable bonds is 3. The number of fused-ring (bicyclic) bond motifs is 1. The Morgan fingerprint density at radius 3 is 3.00 bits per heavy atom. The van der Waals surface area contributed by atoms with E-state index in [9.17, 15) is 0 Å². The SMILES string of the molecule is C#CC(C)(C)OCc1nc(Cl)c2ccsc2n1. The Hall–Kier alpha value is -1.15. The summed E-state index contributed by atoms with van der Waals surface area (Å²) in [6.45, 7) is 3.89. The lowest BCUT2D eigenvalue weighted by Crippen LogP contribution is -2.22. The Kier molecular flexibility index (Phi) is 3.34. The number of nitrogens with zero attached hydrogens (tertiary/aromatic N) is 2. The number of aromatic nitrogens is 2. The Morgan fingerprint density at radius 1 is 1.53 bits per heavy atom. The van der Waals surface area contributed by atoms with Gasteiger partial charge in [0.1, 0.15) is 22.2 Å². The topological polar surface area (TPSA) is 35.0 Å². The predicted molar refractivity (Wildman–Crippen MR) is 70.1 cm³/mol. The number of ether oxygens (including phenoxy) is 1. The number of thiophene rings is 1. The molecule has 0 atom stereocenters. The summed E-state index contributed by atoms with van der Waals surface area (Å²) in [6.07, 6.45) is 5.33. The predicted octanol–water partition coefficient (Wildman–Crippen LogP) is 3.27. The van der Waals surface area contributed by atoms with Gasteiger partial charge in [-0.3, -0.25) is 0 Å². The molecule has 0 saturated carbocycles. The summed E-state index contributed by atoms with van der Waals surface area (Å²) in [5, 5.41) is 3.26. The first-order valence-corrected chi connectivity index (χ1v) is 6.29. The molecule has 0 amide bonds. The molecule has 0 aliphatic carbocycles. The van der Waals surface area contributed by atoms with E-state index in [0.717, 1.165) is 10.2 Å². The lowest BCUT2D eigenvalue weighted by Gasteiger charge is -2.17. The van der Waals surface area contributed by atoms with Gasteiger partial charge in [-0.15, -0.1) is 17.8 Å². The number of hydrogen-bond acceptors (Lipinski definition) is 4. The average Bonchev–Trinajstić information content (AvgIpc) is 2.75. The minimum Gasteiger partial charge on any atom is -0.355 e. The molecule has 0 radical (unpaired) electrons. The maximum absolute atomic E-state index is 6.05. The van der Waals surface area contributed by atoms with Crippen LogP contribution in [0.15, 0.2) is 11.4 Å². The van der Waals surface area contributed by atoms with Gasteiger partial charge in [-0.05, 0) is 25.3 Å². The van der Waals surface area contributed by atoms with E-state index in [2.05, 4.69) is 15.9 Å². The molecule has 0 fully saturated rings. The van der Waals surface area contributed by atoms with Crippen LogP contribution in [0.1, 0.15) is 19.7 Å². The van der Waals surface area contributed by atoms with Gasteiger partial charge in [-0.2, -0.15) is 0 Å². The van der Waals surface area contributed by atoms with Crippen LogP contribution < -0.4 is 0 Å². The van der Waals surface area contributed by atoms with Crippen molar-refractivity contribution >= 4 is 33.2 Å². The van der Waals surface area contributed by atoms with E-state index in [1.54, 1.807) is 0 Å². The fraction of sp³-hybridized carbons (Fsp3) is 0.333. The Balaban J connectivity index is 2.23. The lowest BCUT2D eigenvalue weighted by atomic mass is 10.1. The van der Waals surface area contributed by atoms with E-state index in [1.807, 2.05) is 25.3 Å². The first-order chi connectivity index (χ1) is 8.02. The second kappa shape index (κ2) is 4.61. The van der Waals surface area contributed by atoms with Crippen LogP contribution in [0.25, 0.3) is 10.2 Å². The van der Waals surface area contributed by atoms with Crippen molar-refractivity contribution in [3.05, 3.63) is 22.4 Å². The van der Waals surface area contributed by atoms with Crippen molar-refractivity contribution < 1.29 is 4.74 Å². The molecule has 88 valence electrons. The summed E-state index contributed by atoms with van der Waals surface area (Å²) in [6, 6.07) is 1.90. The highest BCUT2D eigenvalue weighted by Gasteiger charge is 2.15. The third-order valence-electron chi connectivity index (χ3n) is 2.23. The van der Waals surface area contributed by atoms with Crippen LogP contribution in [0, 0.1) is 12.3 Å². The highest BCUT2D eigenvalue weighted by Crippen LogP contribution is 2.25. The van der Waals surface area contributed by atoms with Gasteiger partial charge in [0.05, 0.1) is 0 Å². The fourth-order valence-corrected chi connectivity index (χ4v) is 2.30. The van der Waals surface area contributed by atoms with Gasteiger partial charge in [0.2, 0.25) is 0 Å². The zero-order chi connectivity index (χ0) is 12.5. The molecule has 17 heavy (non-hydrogen) atoms. The molecule has 2 heterocycles. The maximum atomic E-state index is 6.05. The lowest BCUT2D eigenvalue weighted by molar-refractivity contribution is 0.0111. The molecular formula is C12H11ClN2OS. The van der Waals surface area contributed by atoms with Crippen molar-refractivity contribution in [2.45, 2.75) is 26.1 Å². The molecule has 2 aromatic rings. The van der Waals surface area contributed by atoms with Crippen LogP contribution in [-0.2, 0) is 11.3 Å². The highest BCUT2D eigenvalue weighted by molar-refractivity contribution is 7.16. The van der Waals surface area contributed by atoms with E-state index in [1.165, 1.54) is 11.3 Å². The quantitative estimate of drug-likeness (QED) is 0.632. The van der Waals surface area contributed by atoms with Crippen LogP contribution in [-0.4, -0.2) is 15.6 Å². The first kappa shape index (κ1) is 12.3. The van der Waals surface area contributed by atoms with Gasteiger partial charge in [0.15, 0.2) is 5.82 Å². The Labute approximate surface area is 109 Å². The van der Waals surface area contributed by atoms with Crippen molar-refractivity contribution in [2.75, 3.05) is 0 Å². The summed E-state index contributed by atoms with van der Waals surface area (Å²) >= 11 is 7.57. The zero-order valence-electron chi connectivity index (χ0n) is 9.53.